The zero-order valence-corrected chi connectivity index (χ0v) is 19.7. The van der Waals surface area contributed by atoms with Gasteiger partial charge in [0, 0.05) is 31.8 Å². The highest BCUT2D eigenvalue weighted by molar-refractivity contribution is 6.01. The lowest BCUT2D eigenvalue weighted by Crippen LogP contribution is -2.62. The van der Waals surface area contributed by atoms with E-state index in [0.29, 0.717) is 5.75 Å². The molecule has 2 N–H and O–H groups in total. The van der Waals surface area contributed by atoms with Crippen LogP contribution < -0.4 is 15.4 Å². The van der Waals surface area contributed by atoms with Crippen LogP contribution in [0.25, 0.3) is 0 Å². The Morgan fingerprint density at radius 3 is 2.54 bits per heavy atom. The lowest BCUT2D eigenvalue weighted by Gasteiger charge is -2.40. The maximum Gasteiger partial charge on any atom is 0.272 e. The maximum absolute atomic E-state index is 13.1. The van der Waals surface area contributed by atoms with Gasteiger partial charge in [-0.3, -0.25) is 19.1 Å². The van der Waals surface area contributed by atoms with Crippen molar-refractivity contribution >= 4 is 17.7 Å². The van der Waals surface area contributed by atoms with Crippen LogP contribution in [-0.2, 0) is 24.4 Å². The van der Waals surface area contributed by atoms with Gasteiger partial charge in [-0.15, -0.1) is 0 Å². The van der Waals surface area contributed by atoms with E-state index in [2.05, 4.69) is 15.7 Å². The molecule has 0 aliphatic carbocycles. The third kappa shape index (κ3) is 4.72. The Kier molecular flexibility index (Phi) is 6.54. The highest BCUT2D eigenvalue weighted by atomic mass is 19.1. The number of halogens is 1. The monoisotopic (exact) mass is 479 g/mol. The summed E-state index contributed by atoms with van der Waals surface area (Å²) in [6, 6.07) is 14.5. The third-order valence-corrected chi connectivity index (χ3v) is 6.22. The van der Waals surface area contributed by atoms with Crippen molar-refractivity contribution in [1.82, 2.24) is 25.3 Å². The molecule has 182 valence electrons. The van der Waals surface area contributed by atoms with Gasteiger partial charge in [0.2, 0.25) is 5.91 Å². The van der Waals surface area contributed by atoms with Gasteiger partial charge in [-0.25, -0.2) is 4.39 Å². The van der Waals surface area contributed by atoms with E-state index in [0.717, 1.165) is 11.1 Å². The van der Waals surface area contributed by atoms with Gasteiger partial charge in [0.05, 0.1) is 13.7 Å². The maximum atomic E-state index is 13.1. The minimum absolute atomic E-state index is 0.0691. The number of carbonyl (C=O) groups is 3. The average Bonchev–Trinajstić information content (AvgIpc) is 3.29. The lowest BCUT2D eigenvalue weighted by molar-refractivity contribution is -0.132. The van der Waals surface area contributed by atoms with Crippen LogP contribution >= 0.6 is 0 Å². The van der Waals surface area contributed by atoms with Gasteiger partial charge in [0.1, 0.15) is 22.8 Å². The summed E-state index contributed by atoms with van der Waals surface area (Å²) in [5.41, 5.74) is 0.586. The van der Waals surface area contributed by atoms with Gasteiger partial charge in [0.15, 0.2) is 5.69 Å². The molecule has 35 heavy (non-hydrogen) atoms. The predicted molar refractivity (Wildman–Crippen MR) is 125 cm³/mol. The summed E-state index contributed by atoms with van der Waals surface area (Å²) in [7, 11) is 3.09. The molecule has 1 atom stereocenters. The second-order valence-electron chi connectivity index (χ2n) is 8.51. The molecule has 1 aliphatic heterocycles. The number of hydrogen-bond donors (Lipinski definition) is 2. The minimum Gasteiger partial charge on any atom is -0.496 e. The van der Waals surface area contributed by atoms with E-state index in [9.17, 15) is 18.8 Å². The van der Waals surface area contributed by atoms with Gasteiger partial charge in [-0.2, -0.15) is 5.10 Å². The number of fused-ring (bicyclic) bond motifs is 1. The molecule has 2 aromatic carbocycles. The molecule has 9 nitrogen and oxygen atoms in total. The average molecular weight is 480 g/mol. The van der Waals surface area contributed by atoms with E-state index >= 15 is 0 Å². The lowest BCUT2D eigenvalue weighted by atomic mass is 9.96. The Balaban J connectivity index is 1.47. The summed E-state index contributed by atoms with van der Waals surface area (Å²) in [4.78, 5) is 40.2. The quantitative estimate of drug-likeness (QED) is 0.540. The number of hydrogen-bond acceptors (Lipinski definition) is 5. The molecule has 1 aromatic heterocycles. The molecular formula is C25H26FN5O4. The van der Waals surface area contributed by atoms with Gasteiger partial charge in [0.25, 0.3) is 11.8 Å². The first-order valence-corrected chi connectivity index (χ1v) is 11.0. The van der Waals surface area contributed by atoms with Crippen LogP contribution in [0.15, 0.2) is 54.6 Å². The van der Waals surface area contributed by atoms with Gasteiger partial charge >= 0.3 is 0 Å². The summed E-state index contributed by atoms with van der Waals surface area (Å²) < 4.78 is 19.8. The highest BCUT2D eigenvalue weighted by Gasteiger charge is 2.46. The van der Waals surface area contributed by atoms with Gasteiger partial charge in [-0.1, -0.05) is 30.3 Å². The van der Waals surface area contributed by atoms with Crippen LogP contribution in [0.3, 0.4) is 0 Å². The first kappa shape index (κ1) is 23.9. The molecule has 0 bridgehead atoms. The Hall–Kier alpha value is -4.21. The van der Waals surface area contributed by atoms with E-state index in [-0.39, 0.29) is 42.7 Å². The molecule has 0 radical (unpaired) electrons. The van der Waals surface area contributed by atoms with Gasteiger partial charge in [-0.05, 0) is 30.7 Å². The molecule has 3 amide bonds. The minimum atomic E-state index is -1.23. The molecule has 4 rings (SSSR count). The van der Waals surface area contributed by atoms with Crippen molar-refractivity contribution in [1.29, 1.82) is 0 Å². The molecular weight excluding hydrogens is 453 g/mol. The Morgan fingerprint density at radius 1 is 1.11 bits per heavy atom. The van der Waals surface area contributed by atoms with E-state index in [1.165, 1.54) is 34.8 Å². The number of nitrogens with zero attached hydrogens (tertiary/aromatic N) is 3. The smallest absolute Gasteiger partial charge is 0.272 e. The number of rotatable bonds is 7. The van der Waals surface area contributed by atoms with E-state index in [1.807, 2.05) is 18.2 Å². The predicted octanol–water partition coefficient (Wildman–Crippen LogP) is 2.12. The standard InChI is InChI=1S/C25H26FN5O4/c1-25(24(34)28-13-16-8-10-18(26)11-9-16)15-31-20(23(33)30(25)2)12-19(29-31)22(32)27-14-17-6-4-5-7-21(17)35-3/h4-12H,13-15H2,1-3H3,(H,27,32)(H,28,34). The van der Waals surface area contributed by atoms with E-state index in [4.69, 9.17) is 4.74 Å². The molecule has 10 heteroatoms. The second-order valence-corrected chi connectivity index (χ2v) is 8.51. The Bertz CT molecular complexity index is 1270. The topological polar surface area (TPSA) is 106 Å². The second kappa shape index (κ2) is 9.57. The fourth-order valence-electron chi connectivity index (χ4n) is 3.93. The van der Waals surface area contributed by atoms with Crippen molar-refractivity contribution in [3.05, 3.63) is 82.9 Å². The number of ether oxygens (including phenoxy) is 1. The third-order valence-electron chi connectivity index (χ3n) is 6.22. The van der Waals surface area contributed by atoms with Crippen LogP contribution in [0.1, 0.15) is 39.0 Å². The Morgan fingerprint density at radius 2 is 1.83 bits per heavy atom. The summed E-state index contributed by atoms with van der Waals surface area (Å²) in [5.74, 6) is -0.974. The summed E-state index contributed by atoms with van der Waals surface area (Å²) in [5, 5.41) is 9.89. The number of nitrogens with one attached hydrogen (secondary N) is 2. The molecule has 0 saturated carbocycles. The number of aromatic nitrogens is 2. The highest BCUT2D eigenvalue weighted by Crippen LogP contribution is 2.26. The van der Waals surface area contributed by atoms with Crippen LogP contribution in [-0.4, -0.2) is 52.1 Å². The first-order chi connectivity index (χ1) is 16.7. The van der Waals surface area contributed by atoms with Crippen molar-refractivity contribution in [3.63, 3.8) is 0 Å². The number of likely N-dealkylation sites (N-methyl/N-ethyl adjacent to an activating group) is 1. The van der Waals surface area contributed by atoms with Crippen molar-refractivity contribution in [2.45, 2.75) is 32.1 Å². The summed E-state index contributed by atoms with van der Waals surface area (Å²) in [6.07, 6.45) is 0. The van der Waals surface area contributed by atoms with Crippen molar-refractivity contribution < 1.29 is 23.5 Å². The number of carbonyl (C=O) groups excluding carboxylic acids is 3. The zero-order valence-electron chi connectivity index (χ0n) is 19.7. The van der Waals surface area contributed by atoms with Crippen molar-refractivity contribution in [3.8, 4) is 5.75 Å². The fraction of sp³-hybridized carbons (Fsp3) is 0.280. The molecule has 1 aliphatic rings. The number of amides is 3. The van der Waals surface area contributed by atoms with E-state index < -0.39 is 17.4 Å². The number of para-hydroxylation sites is 1. The SMILES string of the molecule is COc1ccccc1CNC(=O)c1cc2n(n1)CC(C)(C(=O)NCc1ccc(F)cc1)N(C)C2=O. The molecule has 0 saturated heterocycles. The molecule has 1 unspecified atom stereocenters. The van der Waals surface area contributed by atoms with Crippen LogP contribution in [0, 0.1) is 5.82 Å². The van der Waals surface area contributed by atoms with Crippen LogP contribution in [0.4, 0.5) is 4.39 Å². The Labute approximate surface area is 201 Å². The zero-order chi connectivity index (χ0) is 25.2. The number of benzene rings is 2. The van der Waals surface area contributed by atoms with Crippen molar-refractivity contribution in [2.75, 3.05) is 14.2 Å². The normalized spacial score (nSPS) is 17.0. The molecule has 2 heterocycles. The number of methoxy groups -OCH3 is 1. The first-order valence-electron chi connectivity index (χ1n) is 11.0. The van der Waals surface area contributed by atoms with Crippen LogP contribution in [0.5, 0.6) is 5.75 Å². The van der Waals surface area contributed by atoms with Crippen molar-refractivity contribution in [2.24, 2.45) is 0 Å². The molecule has 0 fully saturated rings. The van der Waals surface area contributed by atoms with E-state index in [1.54, 1.807) is 32.2 Å². The fourth-order valence-corrected chi connectivity index (χ4v) is 3.93. The van der Waals surface area contributed by atoms with Crippen LogP contribution in [0.2, 0.25) is 0 Å². The molecule has 0 spiro atoms. The summed E-state index contributed by atoms with van der Waals surface area (Å²) >= 11 is 0. The molecule has 3 aromatic rings. The van der Waals surface area contributed by atoms with Gasteiger partial charge < -0.3 is 20.3 Å². The largest absolute Gasteiger partial charge is 0.496 e. The summed E-state index contributed by atoms with van der Waals surface area (Å²) in [6.45, 7) is 2.11.